The molecule has 0 bridgehead atoms. The first-order valence-electron chi connectivity index (χ1n) is 14.3. The highest BCUT2D eigenvalue weighted by molar-refractivity contribution is 5.94. The van der Waals surface area contributed by atoms with E-state index in [0.29, 0.717) is 19.3 Å². The van der Waals surface area contributed by atoms with Crippen molar-refractivity contribution in [2.45, 2.75) is 97.1 Å². The summed E-state index contributed by atoms with van der Waals surface area (Å²) in [6.07, 6.45) is -0.884. The Balaban J connectivity index is 2.08. The number of hydrogen-bond donors (Lipinski definition) is 5. The third-order valence-corrected chi connectivity index (χ3v) is 6.35. The van der Waals surface area contributed by atoms with E-state index in [-0.39, 0.29) is 31.9 Å². The minimum atomic E-state index is -1.25. The number of primary amides is 1. The molecule has 1 aromatic carbocycles. The van der Waals surface area contributed by atoms with Gasteiger partial charge in [-0.05, 0) is 57.9 Å². The van der Waals surface area contributed by atoms with Crippen molar-refractivity contribution in [1.29, 1.82) is 0 Å². The van der Waals surface area contributed by atoms with Crippen LogP contribution in [0.1, 0.15) is 72.3 Å². The Morgan fingerprint density at radius 1 is 0.977 bits per heavy atom. The van der Waals surface area contributed by atoms with E-state index in [1.54, 1.807) is 20.8 Å². The lowest BCUT2D eigenvalue weighted by atomic mass is 10.0. The van der Waals surface area contributed by atoms with Gasteiger partial charge in [-0.1, -0.05) is 44.2 Å². The number of nitrogens with zero attached hydrogens (tertiary/aromatic N) is 1. The van der Waals surface area contributed by atoms with Gasteiger partial charge in [0.2, 0.25) is 17.7 Å². The van der Waals surface area contributed by atoms with Crippen molar-refractivity contribution in [3.63, 3.8) is 0 Å². The van der Waals surface area contributed by atoms with Crippen LogP contribution < -0.4 is 27.2 Å². The fourth-order valence-corrected chi connectivity index (χ4v) is 4.43. The quantitative estimate of drug-likeness (QED) is 0.222. The van der Waals surface area contributed by atoms with Gasteiger partial charge in [0.1, 0.15) is 30.3 Å². The Bertz CT molecular complexity index is 1140. The zero-order valence-corrected chi connectivity index (χ0v) is 25.4. The number of ether oxygens (including phenoxy) is 2. The second-order valence-corrected chi connectivity index (χ2v) is 11.8. The number of likely N-dealkylation sites (tertiary alicyclic amines) is 1. The Labute approximate surface area is 251 Å². The van der Waals surface area contributed by atoms with Crippen molar-refractivity contribution >= 4 is 35.8 Å². The van der Waals surface area contributed by atoms with E-state index in [1.807, 2.05) is 44.2 Å². The van der Waals surface area contributed by atoms with Crippen molar-refractivity contribution in [3.8, 4) is 0 Å². The lowest BCUT2D eigenvalue weighted by molar-refractivity contribution is -0.141. The number of amides is 6. The van der Waals surface area contributed by atoms with Gasteiger partial charge in [0.25, 0.3) is 5.91 Å². The topological polar surface area (TPSA) is 198 Å². The predicted molar refractivity (Wildman–Crippen MR) is 156 cm³/mol. The van der Waals surface area contributed by atoms with Crippen molar-refractivity contribution in [1.82, 2.24) is 26.4 Å². The smallest absolute Gasteiger partial charge is 0.426 e. The van der Waals surface area contributed by atoms with Gasteiger partial charge in [0, 0.05) is 13.0 Å². The van der Waals surface area contributed by atoms with Crippen LogP contribution in [0.25, 0.3) is 0 Å². The summed E-state index contributed by atoms with van der Waals surface area (Å²) in [4.78, 5) is 77.1. The number of benzene rings is 1. The summed E-state index contributed by atoms with van der Waals surface area (Å²) in [6, 6.07) is 5.99. The molecule has 1 fully saturated rings. The second kappa shape index (κ2) is 16.3. The molecule has 1 heterocycles. The normalized spacial score (nSPS) is 16.0. The Kier molecular flexibility index (Phi) is 13.2. The number of carbonyl (C=O) groups excluding carboxylic acids is 6. The molecule has 0 aliphatic carbocycles. The predicted octanol–water partition coefficient (Wildman–Crippen LogP) is 1.62. The molecule has 2 rings (SSSR count). The molecule has 0 radical (unpaired) electrons. The van der Waals surface area contributed by atoms with E-state index in [9.17, 15) is 28.8 Å². The zero-order chi connectivity index (χ0) is 32.2. The molecular weight excluding hydrogens is 560 g/mol. The molecule has 43 heavy (non-hydrogen) atoms. The summed E-state index contributed by atoms with van der Waals surface area (Å²) in [6.45, 7) is 9.04. The van der Waals surface area contributed by atoms with Crippen LogP contribution in [0.5, 0.6) is 0 Å². The SMILES string of the molecule is CC(C)C[C@H](NC(=O)OCc1ccccc1)C(=O)N1CCC[C@H]1C(=O)N[C@@H](CCC(N)=O)C(=O)NNC(=O)OC(C)(C)C. The molecule has 1 aromatic rings. The lowest BCUT2D eigenvalue weighted by Crippen LogP contribution is -2.58. The van der Waals surface area contributed by atoms with E-state index < -0.39 is 59.5 Å². The molecular formula is C29H44N6O8. The van der Waals surface area contributed by atoms with Gasteiger partial charge in [-0.3, -0.25) is 24.6 Å². The second-order valence-electron chi connectivity index (χ2n) is 11.8. The monoisotopic (exact) mass is 604 g/mol. The molecule has 0 saturated carbocycles. The van der Waals surface area contributed by atoms with E-state index in [4.69, 9.17) is 15.2 Å². The van der Waals surface area contributed by atoms with Crippen LogP contribution in [0.4, 0.5) is 9.59 Å². The van der Waals surface area contributed by atoms with Gasteiger partial charge in [-0.15, -0.1) is 0 Å². The molecule has 0 aromatic heterocycles. The van der Waals surface area contributed by atoms with Crippen molar-refractivity contribution in [2.75, 3.05) is 6.54 Å². The number of hydrogen-bond acceptors (Lipinski definition) is 8. The maximum atomic E-state index is 13.6. The van der Waals surface area contributed by atoms with Crippen molar-refractivity contribution < 1.29 is 38.2 Å². The van der Waals surface area contributed by atoms with Crippen molar-refractivity contribution in [2.24, 2.45) is 11.7 Å². The number of carbonyl (C=O) groups is 6. The highest BCUT2D eigenvalue weighted by atomic mass is 16.6. The van der Waals surface area contributed by atoms with Crippen molar-refractivity contribution in [3.05, 3.63) is 35.9 Å². The van der Waals surface area contributed by atoms with Gasteiger partial charge >= 0.3 is 12.2 Å². The van der Waals surface area contributed by atoms with Gasteiger partial charge in [-0.25, -0.2) is 15.0 Å². The van der Waals surface area contributed by atoms with Gasteiger partial charge < -0.3 is 30.7 Å². The molecule has 14 heteroatoms. The van der Waals surface area contributed by atoms with Crippen LogP contribution in [-0.2, 0) is 35.3 Å². The van der Waals surface area contributed by atoms with Crippen LogP contribution >= 0.6 is 0 Å². The Hall–Kier alpha value is -4.36. The molecule has 238 valence electrons. The summed E-state index contributed by atoms with van der Waals surface area (Å²) >= 11 is 0. The molecule has 1 aliphatic rings. The number of nitrogens with two attached hydrogens (primary N) is 1. The molecule has 1 saturated heterocycles. The third kappa shape index (κ3) is 12.6. The van der Waals surface area contributed by atoms with Crippen LogP contribution in [-0.4, -0.2) is 71.0 Å². The fraction of sp³-hybridized carbons (Fsp3) is 0.586. The zero-order valence-electron chi connectivity index (χ0n) is 25.4. The van der Waals surface area contributed by atoms with Crippen LogP contribution in [0, 0.1) is 5.92 Å². The third-order valence-electron chi connectivity index (χ3n) is 6.35. The molecule has 0 spiro atoms. The average molecular weight is 605 g/mol. The summed E-state index contributed by atoms with van der Waals surface area (Å²) in [5.41, 5.74) is 9.50. The van der Waals surface area contributed by atoms with E-state index >= 15 is 0 Å². The van der Waals surface area contributed by atoms with Gasteiger partial charge in [0.15, 0.2) is 0 Å². The Morgan fingerprint density at radius 3 is 2.26 bits per heavy atom. The lowest BCUT2D eigenvalue weighted by Gasteiger charge is -2.30. The number of hydrazine groups is 1. The van der Waals surface area contributed by atoms with E-state index in [2.05, 4.69) is 21.5 Å². The number of nitrogens with one attached hydrogen (secondary N) is 4. The minimum Gasteiger partial charge on any atom is -0.445 e. The number of alkyl carbamates (subject to hydrolysis) is 1. The number of rotatable bonds is 12. The van der Waals surface area contributed by atoms with Gasteiger partial charge in [-0.2, -0.15) is 0 Å². The minimum absolute atomic E-state index is 0.0293. The molecule has 6 N–H and O–H groups in total. The maximum absolute atomic E-state index is 13.6. The highest BCUT2D eigenvalue weighted by Gasteiger charge is 2.39. The Morgan fingerprint density at radius 2 is 1.65 bits per heavy atom. The summed E-state index contributed by atoms with van der Waals surface area (Å²) in [5.74, 6) is -2.53. The largest absolute Gasteiger partial charge is 0.445 e. The molecule has 6 amide bonds. The molecule has 14 nitrogen and oxygen atoms in total. The maximum Gasteiger partial charge on any atom is 0.426 e. The first-order chi connectivity index (χ1) is 20.2. The van der Waals surface area contributed by atoms with E-state index in [0.717, 1.165) is 5.56 Å². The van der Waals surface area contributed by atoms with Gasteiger partial charge in [0.05, 0.1) is 0 Å². The molecule has 0 unspecified atom stereocenters. The first kappa shape index (κ1) is 34.8. The van der Waals surface area contributed by atoms with Crippen LogP contribution in [0.2, 0.25) is 0 Å². The van der Waals surface area contributed by atoms with Crippen LogP contribution in [0.15, 0.2) is 30.3 Å². The average Bonchev–Trinajstić information content (AvgIpc) is 3.41. The summed E-state index contributed by atoms with van der Waals surface area (Å²) in [7, 11) is 0. The molecule has 3 atom stereocenters. The fourth-order valence-electron chi connectivity index (χ4n) is 4.43. The summed E-state index contributed by atoms with van der Waals surface area (Å²) in [5, 5.41) is 5.21. The van der Waals surface area contributed by atoms with E-state index in [1.165, 1.54) is 4.90 Å². The highest BCUT2D eigenvalue weighted by Crippen LogP contribution is 2.21. The summed E-state index contributed by atoms with van der Waals surface area (Å²) < 4.78 is 10.4. The standard InChI is InChI=1S/C29H44N6O8/c1-18(2)16-21(32-27(40)42-17-19-10-7-6-8-11-19)26(39)35-15-9-12-22(35)25(38)31-20(13-14-23(30)36)24(37)33-34-28(41)43-29(3,4)5/h6-8,10-11,18,20-22H,9,12-17H2,1-5H3,(H2,30,36)(H,31,38)(H,32,40)(H,33,37)(H,34,41)/t20-,21-,22-/m0/s1. The molecule has 1 aliphatic heterocycles. The first-order valence-corrected chi connectivity index (χ1v) is 14.3. The van der Waals surface area contributed by atoms with Crippen LogP contribution in [0.3, 0.4) is 0 Å².